The number of aryl methyl sites for hydroxylation is 1. The molecule has 0 amide bonds. The van der Waals surface area contributed by atoms with Gasteiger partial charge in [0.15, 0.2) is 0 Å². The minimum Gasteiger partial charge on any atom is -0.350 e. The van der Waals surface area contributed by atoms with Crippen molar-refractivity contribution in [1.82, 2.24) is 40.2 Å². The van der Waals surface area contributed by atoms with Crippen molar-refractivity contribution >= 4 is 17.0 Å². The summed E-state index contributed by atoms with van der Waals surface area (Å²) in [6.45, 7) is 2.80. The lowest BCUT2D eigenvalue weighted by Crippen LogP contribution is -2.43. The number of aromatic amines is 1. The highest BCUT2D eigenvalue weighted by Gasteiger charge is 2.36. The second-order valence-electron chi connectivity index (χ2n) is 8.22. The number of nitrogens with zero attached hydrogens (tertiary/aromatic N) is 6. The molecule has 4 aromatic rings. The first kappa shape index (κ1) is 21.3. The van der Waals surface area contributed by atoms with E-state index in [9.17, 15) is 13.2 Å². The van der Waals surface area contributed by atoms with Crippen molar-refractivity contribution in [1.29, 1.82) is 0 Å². The Morgan fingerprint density at radius 3 is 2.70 bits per heavy atom. The van der Waals surface area contributed by atoms with Crippen LogP contribution in [-0.4, -0.2) is 53.6 Å². The van der Waals surface area contributed by atoms with Crippen molar-refractivity contribution < 1.29 is 13.2 Å². The van der Waals surface area contributed by atoms with Gasteiger partial charge in [0.1, 0.15) is 16.9 Å². The predicted octanol–water partition coefficient (Wildman–Crippen LogP) is 3.39. The molecule has 5 rings (SSSR count). The third-order valence-corrected chi connectivity index (χ3v) is 5.86. The standard InChI is InChI=1S/C21H22F3N9/c1-11-3-4-12(7-25-11)29-20-27-9-15(21(22,23)24)18(31-20)14-8-26-19-13(14)5-6-16(30-19)17-10-28-32-33(17)2/h5-6,8-12,25H,3-4,7H2,1-2H3,(H,26,30)(H,27,29,31)/t11-,12-/m1/s1. The molecule has 1 aliphatic rings. The molecule has 0 saturated carbocycles. The summed E-state index contributed by atoms with van der Waals surface area (Å²) in [5, 5.41) is 14.8. The van der Waals surface area contributed by atoms with Gasteiger partial charge < -0.3 is 15.6 Å². The van der Waals surface area contributed by atoms with Gasteiger partial charge in [-0.25, -0.2) is 19.6 Å². The molecule has 2 atom stereocenters. The van der Waals surface area contributed by atoms with Crippen molar-refractivity contribution in [3.8, 4) is 22.6 Å². The van der Waals surface area contributed by atoms with Crippen LogP contribution in [-0.2, 0) is 13.2 Å². The molecular formula is C21H22F3N9. The zero-order valence-corrected chi connectivity index (χ0v) is 18.0. The van der Waals surface area contributed by atoms with Crippen molar-refractivity contribution in [2.75, 3.05) is 11.9 Å². The summed E-state index contributed by atoms with van der Waals surface area (Å²) in [5.41, 5.74) is 0.941. The lowest BCUT2D eigenvalue weighted by molar-refractivity contribution is -0.137. The van der Waals surface area contributed by atoms with Crippen LogP contribution in [0.25, 0.3) is 33.7 Å². The van der Waals surface area contributed by atoms with E-state index in [1.54, 1.807) is 30.1 Å². The van der Waals surface area contributed by atoms with Crippen LogP contribution in [0.2, 0.25) is 0 Å². The third kappa shape index (κ3) is 4.13. The van der Waals surface area contributed by atoms with E-state index >= 15 is 0 Å². The molecule has 1 aliphatic heterocycles. The Kier molecular flexibility index (Phi) is 5.23. The zero-order chi connectivity index (χ0) is 23.2. The molecule has 4 aromatic heterocycles. The van der Waals surface area contributed by atoms with Crippen molar-refractivity contribution in [2.24, 2.45) is 7.05 Å². The monoisotopic (exact) mass is 457 g/mol. The largest absolute Gasteiger partial charge is 0.419 e. The third-order valence-electron chi connectivity index (χ3n) is 5.86. The van der Waals surface area contributed by atoms with Crippen LogP contribution in [0.5, 0.6) is 0 Å². The van der Waals surface area contributed by atoms with E-state index in [1.807, 2.05) is 0 Å². The van der Waals surface area contributed by atoms with Gasteiger partial charge in [0.25, 0.3) is 0 Å². The van der Waals surface area contributed by atoms with E-state index in [2.05, 4.69) is 47.8 Å². The van der Waals surface area contributed by atoms with Gasteiger partial charge in [0, 0.05) is 49.0 Å². The highest BCUT2D eigenvalue weighted by molar-refractivity contribution is 5.94. The Labute approximate surface area is 186 Å². The average Bonchev–Trinajstić information content (AvgIpc) is 3.40. The number of rotatable bonds is 4. The maximum atomic E-state index is 13.8. The maximum absolute atomic E-state index is 13.8. The first-order valence-corrected chi connectivity index (χ1v) is 10.6. The van der Waals surface area contributed by atoms with Crippen LogP contribution >= 0.6 is 0 Å². The Morgan fingerprint density at radius 2 is 2.00 bits per heavy atom. The molecule has 12 heteroatoms. The summed E-state index contributed by atoms with van der Waals surface area (Å²) >= 11 is 0. The molecule has 172 valence electrons. The van der Waals surface area contributed by atoms with E-state index in [0.29, 0.717) is 40.6 Å². The van der Waals surface area contributed by atoms with Crippen LogP contribution < -0.4 is 10.6 Å². The number of hydrogen-bond donors (Lipinski definition) is 3. The second kappa shape index (κ2) is 8.10. The average molecular weight is 457 g/mol. The second-order valence-corrected chi connectivity index (χ2v) is 8.22. The van der Waals surface area contributed by atoms with Gasteiger partial charge in [-0.2, -0.15) is 13.2 Å². The number of anilines is 1. The maximum Gasteiger partial charge on any atom is 0.419 e. The van der Waals surface area contributed by atoms with Gasteiger partial charge in [0.05, 0.1) is 17.6 Å². The highest BCUT2D eigenvalue weighted by atomic mass is 19.4. The first-order chi connectivity index (χ1) is 15.8. The smallest absolute Gasteiger partial charge is 0.350 e. The fraction of sp³-hybridized carbons (Fsp3) is 0.381. The Hall–Kier alpha value is -3.54. The molecule has 0 spiro atoms. The number of alkyl halides is 3. The van der Waals surface area contributed by atoms with Crippen molar-refractivity contribution in [3.63, 3.8) is 0 Å². The summed E-state index contributed by atoms with van der Waals surface area (Å²) < 4.78 is 43.0. The molecular weight excluding hydrogens is 435 g/mol. The number of nitrogens with one attached hydrogen (secondary N) is 3. The van der Waals surface area contributed by atoms with Crippen molar-refractivity contribution in [3.05, 3.63) is 36.3 Å². The lowest BCUT2D eigenvalue weighted by Gasteiger charge is -2.28. The van der Waals surface area contributed by atoms with Crippen LogP contribution in [0.4, 0.5) is 19.1 Å². The van der Waals surface area contributed by atoms with Crippen LogP contribution in [0.15, 0.2) is 30.7 Å². The molecule has 33 heavy (non-hydrogen) atoms. The van der Waals surface area contributed by atoms with E-state index in [1.165, 1.54) is 6.20 Å². The number of hydrogen-bond acceptors (Lipinski definition) is 7. The number of fused-ring (bicyclic) bond motifs is 1. The number of pyridine rings is 1. The summed E-state index contributed by atoms with van der Waals surface area (Å²) in [5.74, 6) is 0.166. The van der Waals surface area contributed by atoms with Crippen LogP contribution in [0, 0.1) is 0 Å². The van der Waals surface area contributed by atoms with Gasteiger partial charge >= 0.3 is 6.18 Å². The number of piperidine rings is 1. The minimum atomic E-state index is -4.60. The molecule has 0 aliphatic carbocycles. The van der Waals surface area contributed by atoms with Gasteiger partial charge in [-0.15, -0.1) is 5.10 Å². The van der Waals surface area contributed by atoms with Gasteiger partial charge in [-0.3, -0.25) is 0 Å². The number of halogens is 3. The fourth-order valence-electron chi connectivity index (χ4n) is 4.03. The van der Waals surface area contributed by atoms with E-state index in [-0.39, 0.29) is 17.7 Å². The molecule has 9 nitrogen and oxygen atoms in total. The Balaban J connectivity index is 1.54. The predicted molar refractivity (Wildman–Crippen MR) is 116 cm³/mol. The Morgan fingerprint density at radius 1 is 1.15 bits per heavy atom. The Bertz CT molecular complexity index is 1290. The molecule has 0 aromatic carbocycles. The molecule has 0 unspecified atom stereocenters. The molecule has 3 N–H and O–H groups in total. The normalized spacial score (nSPS) is 19.2. The fourth-order valence-corrected chi connectivity index (χ4v) is 4.03. The van der Waals surface area contributed by atoms with E-state index in [4.69, 9.17) is 0 Å². The highest BCUT2D eigenvalue weighted by Crippen LogP contribution is 2.38. The summed E-state index contributed by atoms with van der Waals surface area (Å²) in [6, 6.07) is 3.91. The molecule has 5 heterocycles. The topological polar surface area (TPSA) is 109 Å². The van der Waals surface area contributed by atoms with Gasteiger partial charge in [0.2, 0.25) is 5.95 Å². The summed E-state index contributed by atoms with van der Waals surface area (Å²) in [6.07, 6.45) is 1.15. The minimum absolute atomic E-state index is 0.0467. The lowest BCUT2D eigenvalue weighted by atomic mass is 10.0. The summed E-state index contributed by atoms with van der Waals surface area (Å²) in [7, 11) is 1.74. The molecule has 0 radical (unpaired) electrons. The van der Waals surface area contributed by atoms with Gasteiger partial charge in [-0.05, 0) is 31.9 Å². The van der Waals surface area contributed by atoms with E-state index < -0.39 is 11.7 Å². The summed E-state index contributed by atoms with van der Waals surface area (Å²) in [4.78, 5) is 15.8. The van der Waals surface area contributed by atoms with Crippen molar-refractivity contribution in [2.45, 2.75) is 38.0 Å². The number of H-pyrrole nitrogens is 1. The number of aromatic nitrogens is 7. The SMILES string of the molecule is C[C@@H]1CC[C@@H](Nc2ncc(C(F)(F)F)c(-c3c[nH]c4nc(-c5cnnn5C)ccc34)n2)CN1. The van der Waals surface area contributed by atoms with Crippen LogP contribution in [0.3, 0.4) is 0 Å². The van der Waals surface area contributed by atoms with Gasteiger partial charge in [-0.1, -0.05) is 5.21 Å². The van der Waals surface area contributed by atoms with E-state index in [0.717, 1.165) is 19.0 Å². The van der Waals surface area contributed by atoms with Crippen LogP contribution in [0.1, 0.15) is 25.3 Å². The quantitative estimate of drug-likeness (QED) is 0.431. The first-order valence-electron chi connectivity index (χ1n) is 10.6. The zero-order valence-electron chi connectivity index (χ0n) is 18.0. The molecule has 1 saturated heterocycles. The molecule has 0 bridgehead atoms. The molecule has 1 fully saturated rings.